The number of nitrogens with two attached hydrogens (primary N) is 1. The molecule has 2 atom stereocenters. The monoisotopic (exact) mass is 219 g/mol. The summed E-state index contributed by atoms with van der Waals surface area (Å²) >= 11 is 0. The van der Waals surface area contributed by atoms with Crippen molar-refractivity contribution < 1.29 is 18.3 Å². The highest BCUT2D eigenvalue weighted by atomic mass is 19.1. The minimum atomic E-state index is -2.12. The molecular formula is C10H12F3NO. The number of halogens is 3. The van der Waals surface area contributed by atoms with Crippen LogP contribution in [0.25, 0.3) is 0 Å². The highest BCUT2D eigenvalue weighted by molar-refractivity contribution is 5.27. The number of aliphatic hydroxyl groups excluding tert-OH is 1. The Morgan fingerprint density at radius 3 is 2.47 bits per heavy atom. The summed E-state index contributed by atoms with van der Waals surface area (Å²) in [7, 11) is 0. The van der Waals surface area contributed by atoms with Gasteiger partial charge in [0.05, 0.1) is 6.61 Å². The molecular weight excluding hydrogens is 207 g/mol. The third-order valence-electron chi connectivity index (χ3n) is 2.32. The minimum Gasteiger partial charge on any atom is -0.393 e. The second kappa shape index (κ2) is 4.63. The molecule has 0 radical (unpaired) electrons. The van der Waals surface area contributed by atoms with E-state index in [-0.39, 0.29) is 5.56 Å². The lowest BCUT2D eigenvalue weighted by molar-refractivity contribution is 0.0842. The van der Waals surface area contributed by atoms with Crippen LogP contribution in [0.3, 0.4) is 0 Å². The molecule has 84 valence electrons. The normalized spacial score (nSPS) is 17.1. The fraction of sp³-hybridized carbons (Fsp3) is 0.400. The zero-order valence-corrected chi connectivity index (χ0v) is 7.96. The molecule has 0 aromatic heterocycles. The Morgan fingerprint density at radius 2 is 2.00 bits per heavy atom. The lowest BCUT2D eigenvalue weighted by Crippen LogP contribution is -2.50. The van der Waals surface area contributed by atoms with Gasteiger partial charge in [0.1, 0.15) is 24.2 Å². The van der Waals surface area contributed by atoms with E-state index >= 15 is 0 Å². The van der Waals surface area contributed by atoms with E-state index in [1.54, 1.807) is 0 Å². The lowest BCUT2D eigenvalue weighted by Gasteiger charge is -2.29. The Bertz CT molecular complexity index is 334. The summed E-state index contributed by atoms with van der Waals surface area (Å²) in [5, 5.41) is 8.61. The van der Waals surface area contributed by atoms with Gasteiger partial charge in [-0.15, -0.1) is 0 Å². The van der Waals surface area contributed by atoms with Crippen molar-refractivity contribution in [2.24, 2.45) is 5.73 Å². The SMILES string of the molecule is N[C@](CF)(c1ccccc1F)[C@H](F)CO. The fourth-order valence-corrected chi connectivity index (χ4v) is 1.33. The van der Waals surface area contributed by atoms with Gasteiger partial charge in [-0.05, 0) is 6.07 Å². The smallest absolute Gasteiger partial charge is 0.148 e. The zero-order valence-electron chi connectivity index (χ0n) is 7.96. The van der Waals surface area contributed by atoms with Gasteiger partial charge in [0.2, 0.25) is 0 Å². The van der Waals surface area contributed by atoms with Crippen LogP contribution in [0, 0.1) is 5.82 Å². The average Bonchev–Trinajstić information content (AvgIpc) is 2.27. The molecule has 0 bridgehead atoms. The van der Waals surface area contributed by atoms with E-state index in [2.05, 4.69) is 0 Å². The van der Waals surface area contributed by atoms with Crippen LogP contribution in [-0.2, 0) is 5.54 Å². The van der Waals surface area contributed by atoms with Gasteiger partial charge in [0.15, 0.2) is 0 Å². The highest BCUT2D eigenvalue weighted by Crippen LogP contribution is 2.27. The van der Waals surface area contributed by atoms with Crippen molar-refractivity contribution in [3.8, 4) is 0 Å². The molecule has 1 aromatic carbocycles. The molecule has 5 heteroatoms. The first kappa shape index (κ1) is 12.0. The summed E-state index contributed by atoms with van der Waals surface area (Å²) in [5.74, 6) is -0.784. The van der Waals surface area contributed by atoms with Crippen molar-refractivity contribution in [2.45, 2.75) is 11.7 Å². The molecule has 0 aliphatic heterocycles. The summed E-state index contributed by atoms with van der Waals surface area (Å²) < 4.78 is 39.2. The number of hydrogen-bond donors (Lipinski definition) is 2. The molecule has 1 rings (SSSR count). The molecule has 15 heavy (non-hydrogen) atoms. The number of aliphatic hydroxyl groups is 1. The molecule has 0 fully saturated rings. The predicted molar refractivity (Wildman–Crippen MR) is 50.2 cm³/mol. The standard InChI is InChI=1S/C10H12F3NO/c11-6-10(14,9(13)5-15)7-3-1-2-4-8(7)12/h1-4,9,15H,5-6,14H2/t9-,10-/m1/s1. The van der Waals surface area contributed by atoms with Gasteiger partial charge in [0, 0.05) is 5.56 Å². The summed E-state index contributed by atoms with van der Waals surface area (Å²) in [5.41, 5.74) is 3.03. The Labute approximate surface area is 85.5 Å². The maximum Gasteiger partial charge on any atom is 0.148 e. The summed E-state index contributed by atoms with van der Waals surface area (Å²) in [6.07, 6.45) is -2.04. The van der Waals surface area contributed by atoms with E-state index in [4.69, 9.17) is 10.8 Å². The first-order valence-corrected chi connectivity index (χ1v) is 4.41. The van der Waals surface area contributed by atoms with E-state index < -0.39 is 30.8 Å². The van der Waals surface area contributed by atoms with Gasteiger partial charge >= 0.3 is 0 Å². The number of benzene rings is 1. The maximum atomic E-state index is 13.3. The topological polar surface area (TPSA) is 46.2 Å². The van der Waals surface area contributed by atoms with Gasteiger partial charge in [-0.3, -0.25) is 0 Å². The van der Waals surface area contributed by atoms with Crippen LogP contribution in [0.15, 0.2) is 24.3 Å². The Hall–Kier alpha value is -1.07. The molecule has 0 saturated carbocycles. The van der Waals surface area contributed by atoms with E-state index in [1.165, 1.54) is 18.2 Å². The molecule has 1 aromatic rings. The van der Waals surface area contributed by atoms with E-state index in [0.29, 0.717) is 0 Å². The molecule has 0 saturated heterocycles. The van der Waals surface area contributed by atoms with E-state index in [1.807, 2.05) is 0 Å². The first-order chi connectivity index (χ1) is 7.06. The van der Waals surface area contributed by atoms with Gasteiger partial charge in [-0.1, -0.05) is 18.2 Å². The Balaban J connectivity index is 3.17. The first-order valence-electron chi connectivity index (χ1n) is 4.41. The molecule has 2 nitrogen and oxygen atoms in total. The van der Waals surface area contributed by atoms with Crippen LogP contribution in [0.2, 0.25) is 0 Å². The van der Waals surface area contributed by atoms with Gasteiger partial charge in [-0.2, -0.15) is 0 Å². The largest absolute Gasteiger partial charge is 0.393 e. The molecule has 0 spiro atoms. The quantitative estimate of drug-likeness (QED) is 0.801. The molecule has 0 heterocycles. The van der Waals surface area contributed by atoms with Crippen LogP contribution in [0.4, 0.5) is 13.2 Å². The van der Waals surface area contributed by atoms with Crippen LogP contribution < -0.4 is 5.73 Å². The second-order valence-electron chi connectivity index (χ2n) is 3.30. The Kier molecular flexibility index (Phi) is 3.71. The van der Waals surface area contributed by atoms with Crippen LogP contribution >= 0.6 is 0 Å². The highest BCUT2D eigenvalue weighted by Gasteiger charge is 2.39. The molecule has 0 amide bonds. The van der Waals surface area contributed by atoms with Crippen molar-refractivity contribution in [3.63, 3.8) is 0 Å². The number of alkyl halides is 2. The Morgan fingerprint density at radius 1 is 1.40 bits per heavy atom. The van der Waals surface area contributed by atoms with Crippen LogP contribution in [0.1, 0.15) is 5.56 Å². The van der Waals surface area contributed by atoms with Gasteiger partial charge < -0.3 is 10.8 Å². The molecule has 0 unspecified atom stereocenters. The maximum absolute atomic E-state index is 13.3. The van der Waals surface area contributed by atoms with Crippen molar-refractivity contribution in [1.29, 1.82) is 0 Å². The van der Waals surface area contributed by atoms with E-state index in [9.17, 15) is 13.2 Å². The molecule has 0 aliphatic carbocycles. The van der Waals surface area contributed by atoms with Crippen LogP contribution in [0.5, 0.6) is 0 Å². The predicted octanol–water partition coefficient (Wildman–Crippen LogP) is 1.28. The molecule has 0 aliphatic rings. The lowest BCUT2D eigenvalue weighted by atomic mass is 9.87. The summed E-state index contributed by atoms with van der Waals surface area (Å²) in [6.45, 7) is -2.23. The van der Waals surface area contributed by atoms with E-state index in [0.717, 1.165) is 6.07 Å². The zero-order chi connectivity index (χ0) is 11.5. The fourth-order valence-electron chi connectivity index (χ4n) is 1.33. The van der Waals surface area contributed by atoms with Crippen molar-refractivity contribution in [1.82, 2.24) is 0 Å². The third-order valence-corrected chi connectivity index (χ3v) is 2.32. The summed E-state index contributed by atoms with van der Waals surface area (Å²) in [4.78, 5) is 0. The summed E-state index contributed by atoms with van der Waals surface area (Å²) in [6, 6.07) is 5.09. The number of rotatable bonds is 4. The average molecular weight is 219 g/mol. The molecule has 3 N–H and O–H groups in total. The van der Waals surface area contributed by atoms with Crippen LogP contribution in [-0.4, -0.2) is 24.6 Å². The van der Waals surface area contributed by atoms with Gasteiger partial charge in [-0.25, -0.2) is 13.2 Å². The number of hydrogen-bond acceptors (Lipinski definition) is 2. The minimum absolute atomic E-state index is 0.269. The van der Waals surface area contributed by atoms with Crippen molar-refractivity contribution >= 4 is 0 Å². The second-order valence-corrected chi connectivity index (χ2v) is 3.30. The van der Waals surface area contributed by atoms with Gasteiger partial charge in [0.25, 0.3) is 0 Å². The van der Waals surface area contributed by atoms with Crippen molar-refractivity contribution in [3.05, 3.63) is 35.6 Å². The van der Waals surface area contributed by atoms with Crippen molar-refractivity contribution in [2.75, 3.05) is 13.3 Å². The third kappa shape index (κ3) is 2.13.